The smallest absolute Gasteiger partial charge is 0.318 e. The van der Waals surface area contributed by atoms with Gasteiger partial charge in [-0.1, -0.05) is 31.8 Å². The second kappa shape index (κ2) is 7.89. The van der Waals surface area contributed by atoms with Crippen LogP contribution in [0.5, 0.6) is 0 Å². The average Bonchev–Trinajstić information content (AvgIpc) is 3.08. The van der Waals surface area contributed by atoms with Crippen LogP contribution in [0.25, 0.3) is 0 Å². The summed E-state index contributed by atoms with van der Waals surface area (Å²) in [4.78, 5) is 26.2. The normalized spacial score (nSPS) is 23.3. The van der Waals surface area contributed by atoms with Crippen LogP contribution in [0.1, 0.15) is 69.7 Å². The molecule has 3 rings (SSSR count). The molecular weight excluding hydrogens is 320 g/mol. The van der Waals surface area contributed by atoms with Gasteiger partial charge in [-0.25, -0.2) is 4.79 Å². The Morgan fingerprint density at radius 2 is 2.16 bits per heavy atom. The van der Waals surface area contributed by atoms with Gasteiger partial charge in [0, 0.05) is 18.0 Å². The summed E-state index contributed by atoms with van der Waals surface area (Å²) in [5.74, 6) is 0.966. The van der Waals surface area contributed by atoms with Crippen molar-refractivity contribution in [1.29, 1.82) is 0 Å². The molecule has 0 aromatic carbocycles. The number of carbonyl (C=O) groups is 2. The van der Waals surface area contributed by atoms with Crippen molar-refractivity contribution in [2.24, 2.45) is 0 Å². The molecule has 0 unspecified atom stereocenters. The van der Waals surface area contributed by atoms with Crippen molar-refractivity contribution < 1.29 is 14.1 Å². The topological polar surface area (TPSA) is 87.5 Å². The van der Waals surface area contributed by atoms with E-state index in [9.17, 15) is 9.59 Å². The maximum absolute atomic E-state index is 12.6. The number of rotatable bonds is 5. The molecular formula is C18H28N4O3. The number of nitrogens with zero attached hydrogens (tertiary/aromatic N) is 2. The highest BCUT2D eigenvalue weighted by Crippen LogP contribution is 2.26. The van der Waals surface area contributed by atoms with E-state index in [1.807, 2.05) is 6.07 Å². The molecule has 0 bridgehead atoms. The van der Waals surface area contributed by atoms with E-state index in [2.05, 4.69) is 29.6 Å². The quantitative estimate of drug-likeness (QED) is 0.856. The zero-order chi connectivity index (χ0) is 17.8. The molecule has 138 valence electrons. The molecule has 1 saturated carbocycles. The Morgan fingerprint density at radius 1 is 1.40 bits per heavy atom. The number of hydrogen-bond acceptors (Lipinski definition) is 4. The summed E-state index contributed by atoms with van der Waals surface area (Å²) in [5, 5.41) is 10.0. The van der Waals surface area contributed by atoms with Gasteiger partial charge in [-0.2, -0.15) is 0 Å². The summed E-state index contributed by atoms with van der Waals surface area (Å²) in [6.07, 6.45) is 6.12. The van der Waals surface area contributed by atoms with Crippen molar-refractivity contribution in [3.05, 3.63) is 17.5 Å². The van der Waals surface area contributed by atoms with Crippen LogP contribution in [0.15, 0.2) is 10.6 Å². The lowest BCUT2D eigenvalue weighted by atomic mass is 9.87. The number of urea groups is 1. The number of fused-ring (bicyclic) bond motifs is 1. The second-order valence-corrected chi connectivity index (χ2v) is 7.04. The van der Waals surface area contributed by atoms with Crippen molar-refractivity contribution in [2.75, 3.05) is 6.54 Å². The SMILES string of the molecule is CCC(CC)c1cc(CNC(=O)N2CC(=O)N[C@H]3CCCC[C@H]32)on1. The molecule has 7 nitrogen and oxygen atoms in total. The summed E-state index contributed by atoms with van der Waals surface area (Å²) in [6.45, 7) is 4.68. The Labute approximate surface area is 148 Å². The minimum atomic E-state index is -0.202. The van der Waals surface area contributed by atoms with Crippen LogP contribution in [0.3, 0.4) is 0 Å². The Hall–Kier alpha value is -2.05. The molecule has 1 aliphatic heterocycles. The fraction of sp³-hybridized carbons (Fsp3) is 0.722. The monoisotopic (exact) mass is 348 g/mol. The number of hydrogen-bond donors (Lipinski definition) is 2. The highest BCUT2D eigenvalue weighted by molar-refractivity contribution is 5.86. The van der Waals surface area contributed by atoms with Gasteiger partial charge >= 0.3 is 6.03 Å². The van der Waals surface area contributed by atoms with E-state index in [0.717, 1.165) is 44.2 Å². The average molecular weight is 348 g/mol. The van der Waals surface area contributed by atoms with Crippen LogP contribution in [0.4, 0.5) is 4.79 Å². The van der Waals surface area contributed by atoms with Crippen molar-refractivity contribution in [1.82, 2.24) is 20.7 Å². The van der Waals surface area contributed by atoms with Crippen LogP contribution in [-0.4, -0.2) is 40.6 Å². The third kappa shape index (κ3) is 3.96. The molecule has 0 spiro atoms. The van der Waals surface area contributed by atoms with Crippen LogP contribution in [0.2, 0.25) is 0 Å². The molecule has 3 amide bonds. The summed E-state index contributed by atoms with van der Waals surface area (Å²) < 4.78 is 5.35. The molecule has 1 aliphatic carbocycles. The second-order valence-electron chi connectivity index (χ2n) is 7.04. The summed E-state index contributed by atoms with van der Waals surface area (Å²) in [7, 11) is 0. The first-order valence-corrected chi connectivity index (χ1v) is 9.41. The Balaban J connectivity index is 1.59. The molecule has 2 N–H and O–H groups in total. The molecule has 0 radical (unpaired) electrons. The Kier molecular flexibility index (Phi) is 5.60. The van der Waals surface area contributed by atoms with Crippen LogP contribution in [0, 0.1) is 0 Å². The minimum Gasteiger partial charge on any atom is -0.359 e. The zero-order valence-corrected chi connectivity index (χ0v) is 15.1. The Morgan fingerprint density at radius 3 is 2.92 bits per heavy atom. The van der Waals surface area contributed by atoms with E-state index in [-0.39, 0.29) is 30.6 Å². The third-order valence-corrected chi connectivity index (χ3v) is 5.45. The summed E-state index contributed by atoms with van der Waals surface area (Å²) in [6, 6.07) is 1.91. The summed E-state index contributed by atoms with van der Waals surface area (Å²) in [5.41, 5.74) is 0.943. The minimum absolute atomic E-state index is 0.0750. The fourth-order valence-electron chi connectivity index (χ4n) is 3.98. The molecule has 2 atom stereocenters. The number of nitrogens with one attached hydrogen (secondary N) is 2. The van der Waals surface area contributed by atoms with E-state index in [1.165, 1.54) is 0 Å². The van der Waals surface area contributed by atoms with Crippen LogP contribution >= 0.6 is 0 Å². The molecule has 1 aromatic rings. The van der Waals surface area contributed by atoms with Gasteiger partial charge in [0.1, 0.15) is 6.54 Å². The summed E-state index contributed by atoms with van der Waals surface area (Å²) >= 11 is 0. The number of aromatic nitrogens is 1. The first kappa shape index (κ1) is 17.8. The molecule has 2 fully saturated rings. The van der Waals surface area contributed by atoms with Crippen molar-refractivity contribution >= 4 is 11.9 Å². The van der Waals surface area contributed by atoms with Gasteiger partial charge in [0.2, 0.25) is 5.91 Å². The third-order valence-electron chi connectivity index (χ3n) is 5.45. The van der Waals surface area contributed by atoms with E-state index < -0.39 is 0 Å². The highest BCUT2D eigenvalue weighted by Gasteiger charge is 2.38. The predicted octanol–water partition coefficient (Wildman–Crippen LogP) is 2.53. The van der Waals surface area contributed by atoms with E-state index >= 15 is 0 Å². The fourth-order valence-corrected chi connectivity index (χ4v) is 3.98. The van der Waals surface area contributed by atoms with Gasteiger partial charge in [0.25, 0.3) is 0 Å². The molecule has 2 aliphatic rings. The zero-order valence-electron chi connectivity index (χ0n) is 15.1. The van der Waals surface area contributed by atoms with Crippen molar-refractivity contribution in [3.8, 4) is 0 Å². The lowest BCUT2D eigenvalue weighted by molar-refractivity contribution is -0.126. The van der Waals surface area contributed by atoms with Gasteiger partial charge in [-0.3, -0.25) is 4.79 Å². The van der Waals surface area contributed by atoms with E-state index in [4.69, 9.17) is 4.52 Å². The standard InChI is InChI=1S/C18H28N4O3/c1-3-12(4-2)15-9-13(25-21-15)10-19-18(24)22-11-17(23)20-14-7-5-6-8-16(14)22/h9,12,14,16H,3-8,10-11H2,1-2H3,(H,19,24)(H,20,23)/t14-,16+/m0/s1. The molecule has 1 aromatic heterocycles. The first-order chi connectivity index (χ1) is 12.1. The molecule has 1 saturated heterocycles. The van der Waals surface area contributed by atoms with Crippen LogP contribution < -0.4 is 10.6 Å². The van der Waals surface area contributed by atoms with Gasteiger partial charge in [-0.05, 0) is 25.7 Å². The number of amides is 3. The van der Waals surface area contributed by atoms with E-state index in [1.54, 1.807) is 4.90 Å². The lowest BCUT2D eigenvalue weighted by Gasteiger charge is -2.43. The largest absolute Gasteiger partial charge is 0.359 e. The predicted molar refractivity (Wildman–Crippen MR) is 93.0 cm³/mol. The molecule has 7 heteroatoms. The highest BCUT2D eigenvalue weighted by atomic mass is 16.5. The number of carbonyl (C=O) groups excluding carboxylic acids is 2. The van der Waals surface area contributed by atoms with Crippen molar-refractivity contribution in [2.45, 2.75) is 76.9 Å². The maximum atomic E-state index is 12.6. The van der Waals surface area contributed by atoms with Gasteiger partial charge < -0.3 is 20.1 Å². The lowest BCUT2D eigenvalue weighted by Crippen LogP contribution is -2.64. The van der Waals surface area contributed by atoms with Gasteiger partial charge in [0.05, 0.1) is 18.3 Å². The maximum Gasteiger partial charge on any atom is 0.318 e. The molecule has 25 heavy (non-hydrogen) atoms. The van der Waals surface area contributed by atoms with E-state index in [0.29, 0.717) is 18.2 Å². The van der Waals surface area contributed by atoms with Crippen molar-refractivity contribution in [3.63, 3.8) is 0 Å². The molecule has 2 heterocycles. The van der Waals surface area contributed by atoms with Gasteiger partial charge in [0.15, 0.2) is 5.76 Å². The first-order valence-electron chi connectivity index (χ1n) is 9.41. The van der Waals surface area contributed by atoms with Gasteiger partial charge in [-0.15, -0.1) is 0 Å². The Bertz CT molecular complexity index is 611. The number of piperazine rings is 1. The van der Waals surface area contributed by atoms with Crippen LogP contribution in [-0.2, 0) is 11.3 Å².